The molecule has 27 aromatic rings. The Kier molecular flexibility index (Phi) is 19.7. The first-order valence-electron chi connectivity index (χ1n) is 48.9. The highest BCUT2D eigenvalue weighted by Crippen LogP contribution is 2.51. The Morgan fingerprint density at radius 1 is 0.199 bits per heavy atom. The standard InChI is InChI=1S/C51H36N2.C42H29NO.C42H27NO/c1-51(2)45-20-9-6-17-39(45)40-26-25-38(32-46(40)51)53-48-22-11-8-19-42(48)44-31-36(24-28-50(44)53)35-23-27-49-43(30-35)41-18-7-10-21-47(41)52(49)37-16-12-15-34(29-37)33-13-4-3-5-14-33;1-2-9-28(10-3-1)31-11-8-12-34(25-31)43-39-15-6-4-13-35(39)36-23-21-33(27-40(36)43)30-19-17-29(18-20-30)32-22-24-42-38(26-32)37-14-5-7-16-41(37)44-42;1-2-9-28(10-3-1)29-17-19-30(20-18-29)31-21-24-33(25-22-31)43-38-14-6-4-11-35(38)37-27-32(23-26-39(37)43)34-13-8-16-41-42(34)36-12-5-7-15-40(36)44-41/h3-32H,1-2H3;1-5,7-14,16-27H,6,15H2;1-27H. The van der Waals surface area contributed by atoms with E-state index in [1.165, 1.54) is 221 Å². The largest absolute Gasteiger partial charge is 0.456 e. The zero-order chi connectivity index (χ0) is 93.3. The van der Waals surface area contributed by atoms with Crippen LogP contribution in [0.2, 0.25) is 0 Å². The lowest BCUT2D eigenvalue weighted by atomic mass is 9.82. The van der Waals surface area contributed by atoms with Gasteiger partial charge < -0.3 is 27.1 Å². The minimum Gasteiger partial charge on any atom is -0.456 e. The number of rotatable bonds is 12. The Morgan fingerprint density at radius 2 is 0.553 bits per heavy atom. The summed E-state index contributed by atoms with van der Waals surface area (Å²) in [5.41, 5.74) is 44.5. The van der Waals surface area contributed by atoms with Gasteiger partial charge in [0.05, 0.1) is 38.6 Å². The summed E-state index contributed by atoms with van der Waals surface area (Å²) in [6.07, 6.45) is 6.73. The van der Waals surface area contributed by atoms with Crippen molar-refractivity contribution in [1.29, 1.82) is 0 Å². The first kappa shape index (κ1) is 82.4. The van der Waals surface area contributed by atoms with Gasteiger partial charge in [0.2, 0.25) is 0 Å². The zero-order valence-electron chi connectivity index (χ0n) is 77.9. The fourth-order valence-electron chi connectivity index (χ4n) is 22.8. The van der Waals surface area contributed by atoms with Crippen LogP contribution in [0.4, 0.5) is 0 Å². The fourth-order valence-corrected chi connectivity index (χ4v) is 22.8. The highest BCUT2D eigenvalue weighted by molar-refractivity contribution is 6.17. The molecule has 0 fully saturated rings. The molecule has 0 atom stereocenters. The van der Waals surface area contributed by atoms with Crippen molar-refractivity contribution in [2.75, 3.05) is 0 Å². The van der Waals surface area contributed by atoms with Crippen molar-refractivity contribution in [2.24, 2.45) is 0 Å². The van der Waals surface area contributed by atoms with E-state index in [2.05, 4.69) is 505 Å². The summed E-state index contributed by atoms with van der Waals surface area (Å²) in [6, 6.07) is 176. The van der Waals surface area contributed by atoms with Crippen LogP contribution in [0.25, 0.3) is 249 Å². The Balaban J connectivity index is 0.000000107. The van der Waals surface area contributed by atoms with Gasteiger partial charge in [0.25, 0.3) is 0 Å². The number of furan rings is 2. The number of fused-ring (bicyclic) bond motifs is 21. The Bertz CT molecular complexity index is 9670. The molecule has 664 valence electrons. The molecule has 0 saturated heterocycles. The zero-order valence-corrected chi connectivity index (χ0v) is 77.9. The van der Waals surface area contributed by atoms with E-state index in [4.69, 9.17) is 8.83 Å². The van der Waals surface area contributed by atoms with Gasteiger partial charge in [0, 0.05) is 98.7 Å². The van der Waals surface area contributed by atoms with Gasteiger partial charge in [-0.05, 0) is 264 Å². The van der Waals surface area contributed by atoms with Gasteiger partial charge in [-0.2, -0.15) is 0 Å². The predicted octanol–water partition coefficient (Wildman–Crippen LogP) is 36.7. The topological polar surface area (TPSA) is 46.0 Å². The number of allylic oxidation sites excluding steroid dienone is 1. The van der Waals surface area contributed by atoms with Crippen LogP contribution in [0, 0.1) is 0 Å². The summed E-state index contributed by atoms with van der Waals surface area (Å²) in [6.45, 7) is 4.71. The molecule has 6 nitrogen and oxygen atoms in total. The highest BCUT2D eigenvalue weighted by atomic mass is 16.3. The van der Waals surface area contributed by atoms with Gasteiger partial charge >= 0.3 is 0 Å². The molecule has 0 N–H and O–H groups in total. The van der Waals surface area contributed by atoms with E-state index in [1.54, 1.807) is 0 Å². The molecule has 0 bridgehead atoms. The molecule has 0 radical (unpaired) electrons. The van der Waals surface area contributed by atoms with Gasteiger partial charge in [-0.1, -0.05) is 372 Å². The van der Waals surface area contributed by atoms with Crippen molar-refractivity contribution in [2.45, 2.75) is 32.1 Å². The lowest BCUT2D eigenvalue weighted by Crippen LogP contribution is -2.15. The maximum absolute atomic E-state index is 6.20. The third-order valence-corrected chi connectivity index (χ3v) is 29.6. The number of benzene rings is 21. The predicted molar refractivity (Wildman–Crippen MR) is 592 cm³/mol. The lowest BCUT2D eigenvalue weighted by molar-refractivity contribution is 0.660. The first-order valence-corrected chi connectivity index (χ1v) is 48.9. The molecule has 0 amide bonds. The monoisotopic (exact) mass is 1800 g/mol. The van der Waals surface area contributed by atoms with Crippen LogP contribution in [-0.2, 0) is 11.8 Å². The summed E-state index contributed by atoms with van der Waals surface area (Å²) in [5.74, 6) is 0. The lowest BCUT2D eigenvalue weighted by Gasteiger charge is -2.22. The number of aromatic nitrogens is 4. The minimum atomic E-state index is -0.0552. The van der Waals surface area contributed by atoms with Crippen LogP contribution < -0.4 is 0 Å². The third-order valence-electron chi connectivity index (χ3n) is 29.6. The van der Waals surface area contributed by atoms with E-state index in [1.807, 2.05) is 24.3 Å². The van der Waals surface area contributed by atoms with Crippen molar-refractivity contribution in [3.63, 3.8) is 0 Å². The quantitative estimate of drug-likeness (QED) is 0.122. The number of hydrogen-bond donors (Lipinski definition) is 0. The van der Waals surface area contributed by atoms with Crippen molar-refractivity contribution in [3.05, 3.63) is 514 Å². The van der Waals surface area contributed by atoms with E-state index < -0.39 is 0 Å². The van der Waals surface area contributed by atoms with E-state index in [0.717, 1.165) is 57.0 Å². The molecule has 2 aliphatic rings. The Hall–Kier alpha value is -18.1. The molecule has 0 saturated carbocycles. The molecule has 0 unspecified atom stereocenters. The van der Waals surface area contributed by atoms with Gasteiger partial charge in [-0.15, -0.1) is 0 Å². The second kappa shape index (κ2) is 33.7. The molecule has 29 rings (SSSR count). The van der Waals surface area contributed by atoms with Crippen molar-refractivity contribution in [1.82, 2.24) is 18.3 Å². The molecule has 21 aromatic carbocycles. The molecule has 2 aliphatic carbocycles. The van der Waals surface area contributed by atoms with Crippen molar-refractivity contribution >= 4 is 126 Å². The summed E-state index contributed by atoms with van der Waals surface area (Å²) in [7, 11) is 0. The van der Waals surface area contributed by atoms with Crippen LogP contribution in [0.3, 0.4) is 0 Å². The molecule has 141 heavy (non-hydrogen) atoms. The highest BCUT2D eigenvalue weighted by Gasteiger charge is 2.36. The molecule has 6 heteroatoms. The minimum absolute atomic E-state index is 0.0552. The average Bonchev–Trinajstić information content (AvgIpc) is 1.53. The summed E-state index contributed by atoms with van der Waals surface area (Å²) in [5, 5.41) is 13.5. The molecule has 6 heterocycles. The van der Waals surface area contributed by atoms with Crippen LogP contribution in [0.15, 0.2) is 500 Å². The Labute approximate surface area is 816 Å². The smallest absolute Gasteiger partial charge is 0.136 e. The third kappa shape index (κ3) is 14.1. The van der Waals surface area contributed by atoms with Gasteiger partial charge in [0.1, 0.15) is 22.3 Å². The SMILES string of the molecule is C1=Cc2c(n(-c3cccc(-c4ccccc4)c3)c3cc(-c4ccc(-c5ccc6oc7ccccc7c6c5)cc4)ccc23)CC1.CC1(C)c2ccccc2-c2ccc(-n3c4ccccc4c4cc(-c5ccc6c(c5)c5ccccc5n6-c5cccc(-c6ccccc6)c5)ccc43)cc21.c1ccc(-c2ccc(-c3ccc(-n4c5ccccc5c5cc(-c6cccc7oc8ccccc8c67)ccc54)cc3)cc2)cc1. The summed E-state index contributed by atoms with van der Waals surface area (Å²) < 4.78 is 22.0. The molecule has 6 aromatic heterocycles. The molecular formula is C135H92N4O2. The van der Waals surface area contributed by atoms with E-state index >= 15 is 0 Å². The summed E-state index contributed by atoms with van der Waals surface area (Å²) >= 11 is 0. The van der Waals surface area contributed by atoms with Crippen molar-refractivity contribution < 1.29 is 8.83 Å². The Morgan fingerprint density at radius 3 is 1.14 bits per heavy atom. The number of para-hydroxylation sites is 5. The second-order valence-electron chi connectivity index (χ2n) is 38.0. The summed E-state index contributed by atoms with van der Waals surface area (Å²) in [4.78, 5) is 0. The molecule has 0 spiro atoms. The van der Waals surface area contributed by atoms with Gasteiger partial charge in [-0.25, -0.2) is 0 Å². The first-order chi connectivity index (χ1) is 69.7. The normalized spacial score (nSPS) is 12.6. The molecule has 0 aliphatic heterocycles. The van der Waals surface area contributed by atoms with E-state index in [0.29, 0.717) is 0 Å². The van der Waals surface area contributed by atoms with E-state index in [9.17, 15) is 0 Å². The number of nitrogens with zero attached hydrogens (tertiary/aromatic N) is 4. The van der Waals surface area contributed by atoms with Gasteiger partial charge in [-0.3, -0.25) is 0 Å². The molecular weight excluding hydrogens is 1710 g/mol. The second-order valence-corrected chi connectivity index (χ2v) is 38.0. The average molecular weight is 1800 g/mol. The number of hydrogen-bond acceptors (Lipinski definition) is 2. The van der Waals surface area contributed by atoms with Crippen LogP contribution in [0.1, 0.15) is 42.7 Å². The maximum atomic E-state index is 6.20. The van der Waals surface area contributed by atoms with Crippen LogP contribution in [-0.4, -0.2) is 18.3 Å². The fraction of sp³-hybridized carbons (Fsp3) is 0.0370. The van der Waals surface area contributed by atoms with E-state index in [-0.39, 0.29) is 5.41 Å². The van der Waals surface area contributed by atoms with Crippen LogP contribution >= 0.6 is 0 Å². The van der Waals surface area contributed by atoms with Crippen molar-refractivity contribution in [3.8, 4) is 123 Å². The van der Waals surface area contributed by atoms with Crippen LogP contribution in [0.5, 0.6) is 0 Å². The maximum Gasteiger partial charge on any atom is 0.136 e. The van der Waals surface area contributed by atoms with Gasteiger partial charge in [0.15, 0.2) is 0 Å².